The summed E-state index contributed by atoms with van der Waals surface area (Å²) in [6.45, 7) is 2.24. The molecule has 0 aliphatic carbocycles. The molecule has 1 aliphatic rings. The van der Waals surface area contributed by atoms with Crippen LogP contribution in [0, 0.1) is 5.82 Å². The lowest BCUT2D eigenvalue weighted by molar-refractivity contribution is -0.137. The highest BCUT2D eigenvalue weighted by Crippen LogP contribution is 2.32. The molecule has 1 fully saturated rings. The summed E-state index contributed by atoms with van der Waals surface area (Å²) in [5, 5.41) is 3.86. The molecule has 1 saturated heterocycles. The smallest absolute Gasteiger partial charge is 0.349 e. The minimum absolute atomic E-state index is 0.00282. The van der Waals surface area contributed by atoms with Crippen LogP contribution in [0.5, 0.6) is 0 Å². The summed E-state index contributed by atoms with van der Waals surface area (Å²) < 4.78 is 52.2. The number of pyridine rings is 1. The number of rotatable bonds is 5. The number of carbonyl (C=O) groups excluding carboxylic acids is 1. The molecule has 4 nitrogen and oxygen atoms in total. The molecule has 190 valence electrons. The third-order valence-electron chi connectivity index (χ3n) is 6.71. The average Bonchev–Trinajstić information content (AvgIpc) is 2.89. The predicted octanol–water partition coefficient (Wildman–Crippen LogP) is 6.45. The lowest BCUT2D eigenvalue weighted by Crippen LogP contribution is -2.44. The fourth-order valence-corrected chi connectivity index (χ4v) is 4.73. The molecule has 0 bridgehead atoms. The summed E-state index contributed by atoms with van der Waals surface area (Å²) in [5.74, 6) is -0.523. The van der Waals surface area contributed by atoms with Gasteiger partial charge in [-0.1, -0.05) is 36.4 Å². The van der Waals surface area contributed by atoms with E-state index >= 15 is 0 Å². The van der Waals surface area contributed by atoms with E-state index in [0.717, 1.165) is 54.7 Å². The first kappa shape index (κ1) is 24.9. The number of piperidine rings is 1. The number of hydrogen-bond donors (Lipinski definition) is 1. The van der Waals surface area contributed by atoms with Crippen molar-refractivity contribution in [1.82, 2.24) is 15.2 Å². The van der Waals surface area contributed by atoms with Gasteiger partial charge < -0.3 is 5.32 Å². The third kappa shape index (κ3) is 5.80. The second-order valence-corrected chi connectivity index (χ2v) is 9.28. The van der Waals surface area contributed by atoms with Gasteiger partial charge in [-0.05, 0) is 66.4 Å². The molecule has 1 amide bonds. The topological polar surface area (TPSA) is 45.2 Å². The summed E-state index contributed by atoms with van der Waals surface area (Å²) in [4.78, 5) is 20.0. The maximum absolute atomic E-state index is 13.4. The van der Waals surface area contributed by atoms with E-state index in [0.29, 0.717) is 23.2 Å². The summed E-state index contributed by atoms with van der Waals surface area (Å²) in [6.07, 6.45) is -2.87. The van der Waals surface area contributed by atoms with Crippen LogP contribution in [0.4, 0.5) is 17.6 Å². The third-order valence-corrected chi connectivity index (χ3v) is 6.71. The molecule has 0 saturated carbocycles. The Morgan fingerprint density at radius 3 is 2.41 bits per heavy atom. The van der Waals surface area contributed by atoms with Crippen LogP contribution in [0.25, 0.3) is 22.0 Å². The largest absolute Gasteiger partial charge is 0.416 e. The van der Waals surface area contributed by atoms with E-state index in [-0.39, 0.29) is 17.8 Å². The van der Waals surface area contributed by atoms with Crippen molar-refractivity contribution in [2.75, 3.05) is 13.1 Å². The van der Waals surface area contributed by atoms with Gasteiger partial charge in [0.2, 0.25) is 0 Å². The number of fused-ring (bicyclic) bond motifs is 1. The van der Waals surface area contributed by atoms with E-state index in [9.17, 15) is 22.4 Å². The van der Waals surface area contributed by atoms with Crippen molar-refractivity contribution in [1.29, 1.82) is 0 Å². The Labute approximate surface area is 211 Å². The van der Waals surface area contributed by atoms with Crippen molar-refractivity contribution in [3.05, 3.63) is 102 Å². The zero-order chi connectivity index (χ0) is 26.0. The van der Waals surface area contributed by atoms with Gasteiger partial charge in [0.05, 0.1) is 16.8 Å². The molecule has 0 atom stereocenters. The lowest BCUT2D eigenvalue weighted by Gasteiger charge is -2.32. The highest BCUT2D eigenvalue weighted by atomic mass is 19.4. The zero-order valence-corrected chi connectivity index (χ0v) is 19.9. The van der Waals surface area contributed by atoms with Crippen LogP contribution in [0.15, 0.2) is 78.9 Å². The Kier molecular flexibility index (Phi) is 6.93. The molecule has 0 radical (unpaired) electrons. The van der Waals surface area contributed by atoms with E-state index in [1.807, 2.05) is 12.1 Å². The van der Waals surface area contributed by atoms with Crippen LogP contribution in [-0.4, -0.2) is 34.9 Å². The number of nitrogens with zero attached hydrogens (tertiary/aromatic N) is 2. The first-order valence-electron chi connectivity index (χ1n) is 12.1. The summed E-state index contributed by atoms with van der Waals surface area (Å²) >= 11 is 0. The molecule has 1 N–H and O–H groups in total. The van der Waals surface area contributed by atoms with Gasteiger partial charge in [-0.25, -0.2) is 4.39 Å². The number of benzene rings is 3. The van der Waals surface area contributed by atoms with E-state index in [4.69, 9.17) is 0 Å². The summed E-state index contributed by atoms with van der Waals surface area (Å²) in [5.41, 5.74) is 2.52. The van der Waals surface area contributed by atoms with Crippen LogP contribution in [0.3, 0.4) is 0 Å². The van der Waals surface area contributed by atoms with Crippen molar-refractivity contribution in [3.8, 4) is 11.1 Å². The van der Waals surface area contributed by atoms with Crippen molar-refractivity contribution >= 4 is 16.8 Å². The molecule has 0 spiro atoms. The molecule has 4 aromatic rings. The minimum Gasteiger partial charge on any atom is -0.349 e. The van der Waals surface area contributed by atoms with Gasteiger partial charge >= 0.3 is 6.18 Å². The Morgan fingerprint density at radius 2 is 1.68 bits per heavy atom. The number of carbonyl (C=O) groups is 1. The van der Waals surface area contributed by atoms with Crippen LogP contribution in [0.2, 0.25) is 0 Å². The number of hydrogen-bond acceptors (Lipinski definition) is 3. The molecular weight excluding hydrogens is 482 g/mol. The second kappa shape index (κ2) is 10.3. The molecule has 37 heavy (non-hydrogen) atoms. The fraction of sp³-hybridized carbons (Fsp3) is 0.241. The maximum atomic E-state index is 13.4. The van der Waals surface area contributed by atoms with Crippen LogP contribution >= 0.6 is 0 Å². The first-order valence-corrected chi connectivity index (χ1v) is 12.1. The predicted molar refractivity (Wildman–Crippen MR) is 134 cm³/mol. The van der Waals surface area contributed by atoms with E-state index < -0.39 is 11.7 Å². The summed E-state index contributed by atoms with van der Waals surface area (Å²) in [6, 6.07) is 20.1. The number of alkyl halides is 3. The standard InChI is InChI=1S/C29H25F4N3O/c30-22-10-12-27-20(17-22)7-11-24(34-27)18-36-15-13-23(14-16-36)35-28(37)26-4-2-1-3-25(26)19-5-8-21(9-6-19)29(31,32)33/h1-12,17,23H,13-16,18H2,(H,35,37). The number of nitrogens with one attached hydrogen (secondary N) is 1. The number of amides is 1. The van der Waals surface area contributed by atoms with E-state index in [1.54, 1.807) is 30.3 Å². The number of likely N-dealkylation sites (tertiary alicyclic amines) is 1. The van der Waals surface area contributed by atoms with Gasteiger partial charge in [-0.3, -0.25) is 14.7 Å². The highest BCUT2D eigenvalue weighted by molar-refractivity contribution is 6.01. The van der Waals surface area contributed by atoms with Crippen molar-refractivity contribution in [3.63, 3.8) is 0 Å². The monoisotopic (exact) mass is 507 g/mol. The zero-order valence-electron chi connectivity index (χ0n) is 19.9. The maximum Gasteiger partial charge on any atom is 0.416 e. The van der Waals surface area contributed by atoms with Gasteiger partial charge in [0.15, 0.2) is 0 Å². The molecule has 1 aromatic heterocycles. The van der Waals surface area contributed by atoms with Gasteiger partial charge in [0.25, 0.3) is 5.91 Å². The molecule has 0 unspecified atom stereocenters. The molecule has 2 heterocycles. The van der Waals surface area contributed by atoms with Gasteiger partial charge in [0, 0.05) is 36.6 Å². The van der Waals surface area contributed by atoms with Crippen LogP contribution in [-0.2, 0) is 12.7 Å². The van der Waals surface area contributed by atoms with E-state index in [2.05, 4.69) is 15.2 Å². The Morgan fingerprint density at radius 1 is 0.946 bits per heavy atom. The molecule has 1 aliphatic heterocycles. The van der Waals surface area contributed by atoms with Crippen molar-refractivity contribution in [2.45, 2.75) is 31.6 Å². The van der Waals surface area contributed by atoms with E-state index in [1.165, 1.54) is 24.3 Å². The Balaban J connectivity index is 1.20. The second-order valence-electron chi connectivity index (χ2n) is 9.28. The number of halogens is 4. The van der Waals surface area contributed by atoms with Gasteiger partial charge in [-0.15, -0.1) is 0 Å². The SMILES string of the molecule is O=C(NC1CCN(Cc2ccc3cc(F)ccc3n2)CC1)c1ccccc1-c1ccc(C(F)(F)F)cc1. The normalized spacial score (nSPS) is 15.1. The van der Waals surface area contributed by atoms with Gasteiger partial charge in [-0.2, -0.15) is 13.2 Å². The molecule has 3 aromatic carbocycles. The molecule has 5 rings (SSSR count). The highest BCUT2D eigenvalue weighted by Gasteiger charge is 2.30. The lowest BCUT2D eigenvalue weighted by atomic mass is 9.97. The fourth-order valence-electron chi connectivity index (χ4n) is 4.73. The quantitative estimate of drug-likeness (QED) is 0.316. The minimum atomic E-state index is -4.41. The number of aromatic nitrogens is 1. The first-order chi connectivity index (χ1) is 17.8. The summed E-state index contributed by atoms with van der Waals surface area (Å²) in [7, 11) is 0. The van der Waals surface area contributed by atoms with Crippen molar-refractivity contribution < 1.29 is 22.4 Å². The average molecular weight is 508 g/mol. The Bertz CT molecular complexity index is 1410. The van der Waals surface area contributed by atoms with Crippen LogP contribution < -0.4 is 5.32 Å². The van der Waals surface area contributed by atoms with Gasteiger partial charge in [0.1, 0.15) is 5.82 Å². The molecular formula is C29H25F4N3O. The molecule has 8 heteroatoms. The Hall–Kier alpha value is -3.78. The van der Waals surface area contributed by atoms with Crippen LogP contribution in [0.1, 0.15) is 34.5 Å². The van der Waals surface area contributed by atoms with Crippen molar-refractivity contribution in [2.24, 2.45) is 0 Å².